The van der Waals surface area contributed by atoms with Crippen LogP contribution < -0.4 is 22.1 Å². The van der Waals surface area contributed by atoms with Crippen LogP contribution in [0.4, 0.5) is 0 Å². The van der Waals surface area contributed by atoms with Gasteiger partial charge in [0.15, 0.2) is 17.6 Å². The van der Waals surface area contributed by atoms with Crippen molar-refractivity contribution >= 4 is 40.4 Å². The Labute approximate surface area is 217 Å². The molecule has 8 N–H and O–H groups in total. The highest BCUT2D eigenvalue weighted by atomic mass is 16.5. The minimum Gasteiger partial charge on any atom is -0.370 e. The number of likely N-dealkylation sites (tertiary alicyclic amines) is 1. The molecule has 6 rings (SSSR count). The SMILES string of the molecule is Cc1ccc2c(C(=O)NC3CN4C(N)=N[C@@H](CN5C(=O)CCC5=O)[C@@H]5N=C(N)NC54C3(O)O)cccc2c1. The van der Waals surface area contributed by atoms with E-state index in [-0.39, 0.29) is 49.7 Å². The van der Waals surface area contributed by atoms with Gasteiger partial charge in [-0.15, -0.1) is 0 Å². The van der Waals surface area contributed by atoms with E-state index in [1.807, 2.05) is 31.2 Å². The normalized spacial score (nSPS) is 29.6. The molecular weight excluding hydrogens is 492 g/mol. The zero-order valence-corrected chi connectivity index (χ0v) is 20.6. The first-order chi connectivity index (χ1) is 18.0. The number of rotatable bonds is 4. The Morgan fingerprint density at radius 1 is 1.16 bits per heavy atom. The molecule has 2 aromatic rings. The number of nitrogens with zero attached hydrogens (tertiary/aromatic N) is 4. The fourth-order valence-electron chi connectivity index (χ4n) is 6.09. The van der Waals surface area contributed by atoms with Gasteiger partial charge in [-0.05, 0) is 23.8 Å². The van der Waals surface area contributed by atoms with E-state index in [4.69, 9.17) is 11.5 Å². The van der Waals surface area contributed by atoms with Crippen LogP contribution in [0, 0.1) is 6.92 Å². The maximum atomic E-state index is 13.4. The molecule has 2 fully saturated rings. The van der Waals surface area contributed by atoms with Crippen LogP contribution in [-0.2, 0) is 9.59 Å². The Bertz CT molecular complexity index is 1440. The molecule has 0 aliphatic carbocycles. The van der Waals surface area contributed by atoms with E-state index in [1.165, 1.54) is 4.90 Å². The van der Waals surface area contributed by atoms with Crippen molar-refractivity contribution in [2.24, 2.45) is 21.5 Å². The van der Waals surface area contributed by atoms with E-state index in [1.54, 1.807) is 12.1 Å². The molecule has 2 saturated heterocycles. The predicted molar refractivity (Wildman–Crippen MR) is 136 cm³/mol. The van der Waals surface area contributed by atoms with Gasteiger partial charge in [0, 0.05) is 24.9 Å². The van der Waals surface area contributed by atoms with Crippen molar-refractivity contribution in [3.63, 3.8) is 0 Å². The highest BCUT2D eigenvalue weighted by molar-refractivity contribution is 6.07. The minimum atomic E-state index is -2.63. The molecule has 4 aliphatic heterocycles. The first-order valence-corrected chi connectivity index (χ1v) is 12.3. The van der Waals surface area contributed by atoms with Gasteiger partial charge in [-0.1, -0.05) is 35.9 Å². The van der Waals surface area contributed by atoms with Crippen molar-refractivity contribution in [2.45, 2.75) is 49.3 Å². The fourth-order valence-corrected chi connectivity index (χ4v) is 6.09. The number of carbonyl (C=O) groups is 3. The maximum Gasteiger partial charge on any atom is 0.252 e. The van der Waals surface area contributed by atoms with Gasteiger partial charge in [-0.3, -0.25) is 19.3 Å². The standard InChI is InChI=1S/C25H28N8O5/c1-12-5-6-14-13(9-12)3-2-4-15(14)21(36)29-17-11-33-23(27)28-16(10-32-18(34)7-8-19(32)35)20-24(33,25(17,37)38)31-22(26)30-20/h2-6,9,16-17,20,37-38H,7-8,10-11H2,1H3,(H2,27,28)(H,29,36)(H3,26,30,31)/t16-,17?,20-,24?/m0/s1. The van der Waals surface area contributed by atoms with Crippen molar-refractivity contribution in [2.75, 3.05) is 13.1 Å². The highest BCUT2D eigenvalue weighted by Crippen LogP contribution is 2.45. The van der Waals surface area contributed by atoms with Gasteiger partial charge in [-0.25, -0.2) is 9.98 Å². The third kappa shape index (κ3) is 3.28. The number of imide groups is 1. The average molecular weight is 521 g/mol. The number of hydrogen-bond donors (Lipinski definition) is 6. The number of aliphatic imine (C=N–C) groups is 2. The molecule has 4 aliphatic rings. The molecule has 198 valence electrons. The number of amides is 3. The van der Waals surface area contributed by atoms with Crippen LogP contribution in [0.25, 0.3) is 10.8 Å². The summed E-state index contributed by atoms with van der Waals surface area (Å²) in [6.45, 7) is 1.71. The topological polar surface area (TPSA) is 199 Å². The van der Waals surface area contributed by atoms with E-state index in [2.05, 4.69) is 20.6 Å². The second-order valence-corrected chi connectivity index (χ2v) is 10.2. The van der Waals surface area contributed by atoms with Crippen LogP contribution in [0.2, 0.25) is 0 Å². The number of nitrogens with one attached hydrogen (secondary N) is 2. The third-order valence-electron chi connectivity index (χ3n) is 7.91. The summed E-state index contributed by atoms with van der Waals surface area (Å²) in [6.07, 6.45) is 0.199. The second kappa shape index (κ2) is 8.13. The lowest BCUT2D eigenvalue weighted by molar-refractivity contribution is -0.230. The third-order valence-corrected chi connectivity index (χ3v) is 7.91. The summed E-state index contributed by atoms with van der Waals surface area (Å²) in [5, 5.41) is 30.5. The van der Waals surface area contributed by atoms with Crippen molar-refractivity contribution in [3.05, 3.63) is 47.5 Å². The Morgan fingerprint density at radius 2 is 1.89 bits per heavy atom. The van der Waals surface area contributed by atoms with Gasteiger partial charge in [0.2, 0.25) is 17.6 Å². The Hall–Kier alpha value is -4.23. The summed E-state index contributed by atoms with van der Waals surface area (Å²) >= 11 is 0. The molecule has 0 saturated carbocycles. The molecule has 38 heavy (non-hydrogen) atoms. The number of nitrogens with two attached hydrogens (primary N) is 2. The van der Waals surface area contributed by atoms with Crippen molar-refractivity contribution in [3.8, 4) is 0 Å². The van der Waals surface area contributed by atoms with Crippen LogP contribution in [-0.4, -0.2) is 92.3 Å². The minimum absolute atomic E-state index is 0.0624. The first kappa shape index (κ1) is 24.1. The number of carbonyl (C=O) groups excluding carboxylic acids is 3. The maximum absolute atomic E-state index is 13.4. The van der Waals surface area contributed by atoms with Crippen molar-refractivity contribution in [1.82, 2.24) is 20.4 Å². The molecular formula is C25H28N8O5. The number of hydrogen-bond acceptors (Lipinski definition) is 11. The summed E-state index contributed by atoms with van der Waals surface area (Å²) in [5.74, 6) is -3.97. The molecule has 4 heterocycles. The van der Waals surface area contributed by atoms with Crippen molar-refractivity contribution in [1.29, 1.82) is 0 Å². The summed E-state index contributed by atoms with van der Waals surface area (Å²) in [4.78, 5) is 49.3. The monoisotopic (exact) mass is 520 g/mol. The van der Waals surface area contributed by atoms with Crippen LogP contribution in [0.3, 0.4) is 0 Å². The van der Waals surface area contributed by atoms with Gasteiger partial charge < -0.3 is 37.2 Å². The van der Waals surface area contributed by atoms with Crippen LogP contribution >= 0.6 is 0 Å². The van der Waals surface area contributed by atoms with Gasteiger partial charge >= 0.3 is 0 Å². The number of guanidine groups is 2. The van der Waals surface area contributed by atoms with Gasteiger partial charge in [0.1, 0.15) is 12.1 Å². The van der Waals surface area contributed by atoms with Crippen LogP contribution in [0.5, 0.6) is 0 Å². The van der Waals surface area contributed by atoms with Crippen LogP contribution in [0.1, 0.15) is 28.8 Å². The molecule has 0 aromatic heterocycles. The summed E-state index contributed by atoms with van der Waals surface area (Å²) in [5.41, 5.74) is 11.9. The summed E-state index contributed by atoms with van der Waals surface area (Å²) < 4.78 is 0. The largest absolute Gasteiger partial charge is 0.370 e. The smallest absolute Gasteiger partial charge is 0.252 e. The lowest BCUT2D eigenvalue weighted by Gasteiger charge is -2.49. The van der Waals surface area contributed by atoms with Gasteiger partial charge in [0.25, 0.3) is 5.91 Å². The zero-order valence-electron chi connectivity index (χ0n) is 20.6. The Balaban J connectivity index is 1.33. The van der Waals surface area contributed by atoms with Crippen LogP contribution in [0.15, 0.2) is 46.4 Å². The van der Waals surface area contributed by atoms with Gasteiger partial charge in [0.05, 0.1) is 12.6 Å². The second-order valence-electron chi connectivity index (χ2n) is 10.2. The number of fused-ring (bicyclic) bond motifs is 1. The Kier molecular flexibility index (Phi) is 5.16. The first-order valence-electron chi connectivity index (χ1n) is 12.3. The molecule has 13 nitrogen and oxygen atoms in total. The molecule has 2 aromatic carbocycles. The molecule has 3 amide bonds. The summed E-state index contributed by atoms with van der Waals surface area (Å²) in [6, 6.07) is 7.90. The van der Waals surface area contributed by atoms with E-state index < -0.39 is 35.5 Å². The fraction of sp³-hybridized carbons (Fsp3) is 0.400. The molecule has 1 spiro atoms. The lowest BCUT2D eigenvalue weighted by atomic mass is 9.84. The van der Waals surface area contributed by atoms with E-state index >= 15 is 0 Å². The summed E-state index contributed by atoms with van der Waals surface area (Å²) in [7, 11) is 0. The van der Waals surface area contributed by atoms with E-state index in [0.29, 0.717) is 5.56 Å². The lowest BCUT2D eigenvalue weighted by Crippen LogP contribution is -2.78. The number of benzene rings is 2. The highest BCUT2D eigenvalue weighted by Gasteiger charge is 2.73. The predicted octanol–water partition coefficient (Wildman–Crippen LogP) is -1.93. The van der Waals surface area contributed by atoms with E-state index in [9.17, 15) is 24.6 Å². The number of aliphatic hydroxyl groups is 2. The quantitative estimate of drug-likeness (QED) is 0.196. The molecule has 4 atom stereocenters. The van der Waals surface area contributed by atoms with Gasteiger partial charge in [-0.2, -0.15) is 0 Å². The van der Waals surface area contributed by atoms with Crippen molar-refractivity contribution < 1.29 is 24.6 Å². The number of aryl methyl sites for hydroxylation is 1. The Morgan fingerprint density at radius 3 is 2.63 bits per heavy atom. The molecule has 0 bridgehead atoms. The zero-order chi connectivity index (χ0) is 27.0. The molecule has 2 unspecified atom stereocenters. The van der Waals surface area contributed by atoms with E-state index in [0.717, 1.165) is 21.2 Å². The molecule has 0 radical (unpaired) electrons. The molecule has 13 heteroatoms. The average Bonchev–Trinajstić information content (AvgIpc) is 3.46.